The van der Waals surface area contributed by atoms with Gasteiger partial charge >= 0.3 is 0 Å². The maximum absolute atomic E-state index is 12.8. The molecule has 3 amide bonds. The van der Waals surface area contributed by atoms with E-state index in [4.69, 9.17) is 4.42 Å². The van der Waals surface area contributed by atoms with Crippen molar-refractivity contribution in [1.82, 2.24) is 10.2 Å². The first-order chi connectivity index (χ1) is 15.1. The van der Waals surface area contributed by atoms with Crippen LogP contribution >= 0.6 is 11.3 Å². The van der Waals surface area contributed by atoms with Crippen LogP contribution in [0.3, 0.4) is 0 Å². The SMILES string of the molecule is O=C(Nc1ccc(CNC(=O)C2CCCCN2C(=O)c2cccs2)cc1)c1ccco1. The van der Waals surface area contributed by atoms with E-state index in [1.54, 1.807) is 35.2 Å². The summed E-state index contributed by atoms with van der Waals surface area (Å²) < 4.78 is 5.08. The lowest BCUT2D eigenvalue weighted by atomic mass is 10.0. The average molecular weight is 438 g/mol. The Morgan fingerprint density at radius 1 is 1.06 bits per heavy atom. The zero-order chi connectivity index (χ0) is 21.6. The van der Waals surface area contributed by atoms with Gasteiger partial charge in [0, 0.05) is 18.8 Å². The van der Waals surface area contributed by atoms with E-state index in [1.165, 1.54) is 17.6 Å². The fourth-order valence-electron chi connectivity index (χ4n) is 3.60. The van der Waals surface area contributed by atoms with Crippen LogP contribution in [0.25, 0.3) is 0 Å². The van der Waals surface area contributed by atoms with Gasteiger partial charge in [-0.2, -0.15) is 0 Å². The lowest BCUT2D eigenvalue weighted by Gasteiger charge is -2.34. The van der Waals surface area contributed by atoms with Crippen LogP contribution in [0.5, 0.6) is 0 Å². The summed E-state index contributed by atoms with van der Waals surface area (Å²) >= 11 is 1.39. The number of carbonyl (C=O) groups excluding carboxylic acids is 3. The van der Waals surface area contributed by atoms with E-state index < -0.39 is 6.04 Å². The Kier molecular flexibility index (Phi) is 6.47. The molecule has 0 bridgehead atoms. The van der Waals surface area contributed by atoms with Gasteiger partial charge in [0.25, 0.3) is 11.8 Å². The quantitative estimate of drug-likeness (QED) is 0.612. The van der Waals surface area contributed by atoms with E-state index in [0.717, 1.165) is 18.4 Å². The van der Waals surface area contributed by atoms with Crippen molar-refractivity contribution in [2.24, 2.45) is 0 Å². The highest BCUT2D eigenvalue weighted by Gasteiger charge is 2.32. The van der Waals surface area contributed by atoms with Crippen LogP contribution in [0.2, 0.25) is 0 Å². The molecule has 1 aliphatic heterocycles. The van der Waals surface area contributed by atoms with Crippen molar-refractivity contribution in [3.05, 3.63) is 76.4 Å². The van der Waals surface area contributed by atoms with Crippen LogP contribution in [0.4, 0.5) is 5.69 Å². The second kappa shape index (κ2) is 9.61. The number of thiophene rings is 1. The Hall–Kier alpha value is -3.39. The summed E-state index contributed by atoms with van der Waals surface area (Å²) in [7, 11) is 0. The highest BCUT2D eigenvalue weighted by molar-refractivity contribution is 7.12. The Morgan fingerprint density at radius 3 is 2.61 bits per heavy atom. The van der Waals surface area contributed by atoms with Crippen LogP contribution in [0.1, 0.15) is 45.1 Å². The fraction of sp³-hybridized carbons (Fsp3) is 0.261. The van der Waals surface area contributed by atoms with Gasteiger partial charge < -0.3 is 20.0 Å². The van der Waals surface area contributed by atoms with Gasteiger partial charge in [-0.25, -0.2) is 0 Å². The molecule has 1 aliphatic rings. The Bertz CT molecular complexity index is 1030. The van der Waals surface area contributed by atoms with Gasteiger partial charge in [0.15, 0.2) is 5.76 Å². The van der Waals surface area contributed by atoms with Crippen molar-refractivity contribution in [2.45, 2.75) is 31.8 Å². The van der Waals surface area contributed by atoms with Crippen molar-refractivity contribution in [3.63, 3.8) is 0 Å². The first-order valence-electron chi connectivity index (χ1n) is 10.2. The third-order valence-electron chi connectivity index (χ3n) is 5.22. The number of hydrogen-bond donors (Lipinski definition) is 2. The molecule has 8 heteroatoms. The van der Waals surface area contributed by atoms with Crippen LogP contribution in [-0.4, -0.2) is 35.2 Å². The topological polar surface area (TPSA) is 91.7 Å². The first-order valence-corrected chi connectivity index (χ1v) is 11.1. The van der Waals surface area contributed by atoms with Crippen LogP contribution < -0.4 is 10.6 Å². The number of carbonyl (C=O) groups is 3. The largest absolute Gasteiger partial charge is 0.459 e. The third-order valence-corrected chi connectivity index (χ3v) is 6.08. The number of nitrogens with zero attached hydrogens (tertiary/aromatic N) is 1. The molecular formula is C23H23N3O4S. The molecule has 1 atom stereocenters. The number of likely N-dealkylation sites (tertiary alicyclic amines) is 1. The standard InChI is InChI=1S/C23H23N3O4S/c27-21(18-5-1-2-12-26(18)23(29)20-7-4-14-31-20)24-15-16-8-10-17(11-9-16)25-22(28)19-6-3-13-30-19/h3-4,6-11,13-14,18H,1-2,5,12,15H2,(H,24,27)(H,25,28). The molecule has 160 valence electrons. The maximum atomic E-state index is 12.8. The van der Waals surface area contributed by atoms with Gasteiger partial charge in [0.05, 0.1) is 11.1 Å². The Labute approximate surface area is 184 Å². The number of amides is 3. The number of piperidine rings is 1. The van der Waals surface area contributed by atoms with E-state index >= 15 is 0 Å². The zero-order valence-corrected chi connectivity index (χ0v) is 17.7. The molecule has 2 aromatic heterocycles. The van der Waals surface area contributed by atoms with Gasteiger partial charge in [-0.3, -0.25) is 14.4 Å². The molecule has 1 saturated heterocycles. The van der Waals surface area contributed by atoms with Gasteiger partial charge in [-0.1, -0.05) is 18.2 Å². The maximum Gasteiger partial charge on any atom is 0.291 e. The normalized spacial score (nSPS) is 16.0. The lowest BCUT2D eigenvalue weighted by Crippen LogP contribution is -2.51. The number of furan rings is 1. The predicted octanol–water partition coefficient (Wildman–Crippen LogP) is 3.90. The molecule has 3 aromatic rings. The average Bonchev–Trinajstić information content (AvgIpc) is 3.52. The van der Waals surface area contributed by atoms with Crippen molar-refractivity contribution in [2.75, 3.05) is 11.9 Å². The summed E-state index contributed by atoms with van der Waals surface area (Å²) in [6, 6.07) is 13.7. The molecule has 3 heterocycles. The highest BCUT2D eigenvalue weighted by Crippen LogP contribution is 2.22. The molecule has 0 spiro atoms. The van der Waals surface area contributed by atoms with Crippen LogP contribution in [0.15, 0.2) is 64.6 Å². The third kappa shape index (κ3) is 5.03. The van der Waals surface area contributed by atoms with Gasteiger partial charge in [0.2, 0.25) is 5.91 Å². The van der Waals surface area contributed by atoms with Gasteiger partial charge in [0.1, 0.15) is 6.04 Å². The van der Waals surface area contributed by atoms with Crippen molar-refractivity contribution in [1.29, 1.82) is 0 Å². The van der Waals surface area contributed by atoms with E-state index in [1.807, 2.05) is 23.6 Å². The molecule has 4 rings (SSSR count). The number of rotatable bonds is 6. The Morgan fingerprint density at radius 2 is 1.90 bits per heavy atom. The number of anilines is 1. The summed E-state index contributed by atoms with van der Waals surface area (Å²) in [6.07, 6.45) is 3.95. The molecular weight excluding hydrogens is 414 g/mol. The molecule has 7 nitrogen and oxygen atoms in total. The zero-order valence-electron chi connectivity index (χ0n) is 16.9. The van der Waals surface area contributed by atoms with Crippen LogP contribution in [0, 0.1) is 0 Å². The number of benzene rings is 1. The highest BCUT2D eigenvalue weighted by atomic mass is 32.1. The minimum absolute atomic E-state index is 0.0773. The summed E-state index contributed by atoms with van der Waals surface area (Å²) in [4.78, 5) is 40.0. The summed E-state index contributed by atoms with van der Waals surface area (Å²) in [6.45, 7) is 0.946. The first kappa shape index (κ1) is 20.9. The Balaban J connectivity index is 1.33. The smallest absolute Gasteiger partial charge is 0.291 e. The molecule has 0 saturated carbocycles. The van der Waals surface area contributed by atoms with Crippen molar-refractivity contribution >= 4 is 34.7 Å². The molecule has 1 unspecified atom stereocenters. The van der Waals surface area contributed by atoms with E-state index in [0.29, 0.717) is 30.1 Å². The van der Waals surface area contributed by atoms with E-state index in [-0.39, 0.29) is 23.5 Å². The predicted molar refractivity (Wildman–Crippen MR) is 118 cm³/mol. The fourth-order valence-corrected chi connectivity index (χ4v) is 4.28. The molecule has 1 fully saturated rings. The second-order valence-corrected chi connectivity index (χ2v) is 8.28. The minimum atomic E-state index is -0.449. The van der Waals surface area contributed by atoms with Gasteiger partial charge in [-0.05, 0) is 60.5 Å². The van der Waals surface area contributed by atoms with Crippen molar-refractivity contribution < 1.29 is 18.8 Å². The lowest BCUT2D eigenvalue weighted by molar-refractivity contribution is -0.126. The number of hydrogen-bond acceptors (Lipinski definition) is 5. The second-order valence-electron chi connectivity index (χ2n) is 7.33. The van der Waals surface area contributed by atoms with Crippen molar-refractivity contribution in [3.8, 4) is 0 Å². The molecule has 0 radical (unpaired) electrons. The molecule has 0 aliphatic carbocycles. The van der Waals surface area contributed by atoms with Gasteiger partial charge in [-0.15, -0.1) is 11.3 Å². The summed E-state index contributed by atoms with van der Waals surface area (Å²) in [5.74, 6) is -0.296. The monoisotopic (exact) mass is 437 g/mol. The molecule has 2 N–H and O–H groups in total. The minimum Gasteiger partial charge on any atom is -0.459 e. The van der Waals surface area contributed by atoms with Crippen LogP contribution in [-0.2, 0) is 11.3 Å². The number of nitrogens with one attached hydrogen (secondary N) is 2. The molecule has 1 aromatic carbocycles. The summed E-state index contributed by atoms with van der Waals surface area (Å²) in [5.41, 5.74) is 1.53. The summed E-state index contributed by atoms with van der Waals surface area (Å²) in [5, 5.41) is 7.57. The van der Waals surface area contributed by atoms with E-state index in [9.17, 15) is 14.4 Å². The van der Waals surface area contributed by atoms with E-state index in [2.05, 4.69) is 10.6 Å². The molecule has 31 heavy (non-hydrogen) atoms.